The summed E-state index contributed by atoms with van der Waals surface area (Å²) < 4.78 is 22.2. The fourth-order valence-corrected chi connectivity index (χ4v) is 8.32. The van der Waals surface area contributed by atoms with Crippen LogP contribution in [0.1, 0.15) is 48.2 Å². The van der Waals surface area contributed by atoms with Gasteiger partial charge in [-0.3, -0.25) is 4.79 Å². The van der Waals surface area contributed by atoms with Gasteiger partial charge in [0, 0.05) is 36.3 Å². The van der Waals surface area contributed by atoms with Crippen LogP contribution in [0.3, 0.4) is 0 Å². The van der Waals surface area contributed by atoms with Crippen molar-refractivity contribution < 1.29 is 18.7 Å². The third-order valence-corrected chi connectivity index (χ3v) is 10.2. The molecule has 43 heavy (non-hydrogen) atoms. The van der Waals surface area contributed by atoms with Crippen LogP contribution in [0.15, 0.2) is 24.4 Å². The lowest BCUT2D eigenvalue weighted by Crippen LogP contribution is -2.50. The molecule has 14 heteroatoms. The van der Waals surface area contributed by atoms with Crippen LogP contribution in [-0.2, 0) is 0 Å². The maximum absolute atomic E-state index is 14.5. The highest BCUT2D eigenvalue weighted by atomic mass is 35.5. The summed E-state index contributed by atoms with van der Waals surface area (Å²) in [4.78, 5) is 35.3. The molecule has 2 aromatic heterocycles. The van der Waals surface area contributed by atoms with E-state index in [-0.39, 0.29) is 56.4 Å². The van der Waals surface area contributed by atoms with Crippen molar-refractivity contribution in [3.63, 3.8) is 0 Å². The van der Waals surface area contributed by atoms with Gasteiger partial charge in [0.2, 0.25) is 0 Å². The van der Waals surface area contributed by atoms with Gasteiger partial charge in [0.1, 0.15) is 5.82 Å². The molecule has 2 saturated heterocycles. The zero-order valence-electron chi connectivity index (χ0n) is 23.2. The van der Waals surface area contributed by atoms with Crippen LogP contribution in [0.5, 0.6) is 5.75 Å². The number of hydrogen-bond donors (Lipinski definition) is 1. The first-order valence-corrected chi connectivity index (χ1v) is 15.8. The number of aryl methyl sites for hydroxylation is 1. The number of piperidine rings is 1. The van der Waals surface area contributed by atoms with E-state index in [0.29, 0.717) is 53.2 Å². The standard InChI is InChI=1S/C29H28Cl2FN7O3S/c1-14-12-38(36-35-14)29(41)39-16-3-4-17(39)10-15(9-16)13-37-7-2-8-42-25-19(27(37)40)11-20(30)22(23(25)31)18-5-6-21(32)26-24(18)34-28(33)43-26/h5-6,11-12,15-17H,2-4,7-10,13H2,1H3,(H2,33,34). The summed E-state index contributed by atoms with van der Waals surface area (Å²) in [6, 6.07) is 4.52. The van der Waals surface area contributed by atoms with E-state index in [1.54, 1.807) is 25.3 Å². The first-order valence-electron chi connectivity index (χ1n) is 14.2. The summed E-state index contributed by atoms with van der Waals surface area (Å²) in [7, 11) is 0. The fraction of sp³-hybridized carbons (Fsp3) is 0.414. The van der Waals surface area contributed by atoms with Crippen molar-refractivity contribution in [3.8, 4) is 16.9 Å². The SMILES string of the molecule is Cc1cn(C(=O)N2C3CCC2CC(CN2CCCOc4c(cc(Cl)c(-c5ccc(F)c6sc(N)nc56)c4Cl)C2=O)C3)nn1. The zero-order valence-corrected chi connectivity index (χ0v) is 25.6. The molecule has 224 valence electrons. The highest BCUT2D eigenvalue weighted by Crippen LogP contribution is 2.47. The summed E-state index contributed by atoms with van der Waals surface area (Å²) in [5, 5.41) is 8.56. The molecule has 2 fully saturated rings. The van der Waals surface area contributed by atoms with Gasteiger partial charge in [0.15, 0.2) is 10.9 Å². The normalized spacial score (nSPS) is 22.0. The number of benzene rings is 2. The van der Waals surface area contributed by atoms with Crippen molar-refractivity contribution in [2.75, 3.05) is 25.4 Å². The van der Waals surface area contributed by atoms with Gasteiger partial charge in [-0.05, 0) is 63.1 Å². The number of anilines is 1. The highest BCUT2D eigenvalue weighted by Gasteiger charge is 2.44. The Labute approximate surface area is 260 Å². The molecule has 0 aliphatic carbocycles. The fourth-order valence-electron chi connectivity index (χ4n) is 6.84. The summed E-state index contributed by atoms with van der Waals surface area (Å²) in [6.45, 7) is 3.25. The molecule has 7 rings (SSSR count). The summed E-state index contributed by atoms with van der Waals surface area (Å²) >= 11 is 14.7. The molecule has 2 unspecified atom stereocenters. The minimum atomic E-state index is -0.439. The number of thiazole rings is 1. The maximum Gasteiger partial charge on any atom is 0.346 e. The Morgan fingerprint density at radius 3 is 2.70 bits per heavy atom. The average Bonchev–Trinajstić information content (AvgIpc) is 3.66. The molecule has 10 nitrogen and oxygen atoms in total. The molecule has 0 saturated carbocycles. The minimum Gasteiger partial charge on any atom is -0.491 e. The van der Waals surface area contributed by atoms with Crippen molar-refractivity contribution >= 4 is 61.8 Å². The van der Waals surface area contributed by atoms with E-state index in [9.17, 15) is 14.0 Å². The number of ether oxygens (including phenoxy) is 1. The third kappa shape index (κ3) is 4.89. The Bertz CT molecular complexity index is 1760. The lowest BCUT2D eigenvalue weighted by molar-refractivity contribution is 0.0617. The van der Waals surface area contributed by atoms with Crippen LogP contribution in [0.4, 0.5) is 14.3 Å². The van der Waals surface area contributed by atoms with Crippen molar-refractivity contribution in [2.24, 2.45) is 5.92 Å². The second-order valence-corrected chi connectivity index (χ2v) is 13.2. The predicted molar refractivity (Wildman–Crippen MR) is 162 cm³/mol. The molecule has 2 amide bonds. The molecule has 0 radical (unpaired) electrons. The van der Waals surface area contributed by atoms with E-state index >= 15 is 0 Å². The number of hydrogen-bond acceptors (Lipinski definition) is 8. The lowest BCUT2D eigenvalue weighted by atomic mass is 9.90. The summed E-state index contributed by atoms with van der Waals surface area (Å²) in [5.41, 5.74) is 8.14. The quantitative estimate of drug-likeness (QED) is 0.289. The van der Waals surface area contributed by atoms with E-state index in [4.69, 9.17) is 33.7 Å². The number of carbonyl (C=O) groups excluding carboxylic acids is 2. The maximum atomic E-state index is 14.5. The van der Waals surface area contributed by atoms with Crippen molar-refractivity contribution in [2.45, 2.75) is 51.1 Å². The van der Waals surface area contributed by atoms with Gasteiger partial charge in [0.25, 0.3) is 5.91 Å². The number of rotatable bonds is 3. The number of halogens is 3. The molecule has 3 aliphatic rings. The number of amides is 2. The number of nitrogen functional groups attached to an aromatic ring is 1. The Hall–Kier alpha value is -3.48. The Kier molecular flexibility index (Phi) is 7.18. The van der Waals surface area contributed by atoms with Crippen molar-refractivity contribution in [1.29, 1.82) is 0 Å². The molecular formula is C29H28Cl2FN7O3S. The van der Waals surface area contributed by atoms with E-state index in [2.05, 4.69) is 15.3 Å². The first-order chi connectivity index (χ1) is 20.7. The second kappa shape index (κ2) is 10.9. The van der Waals surface area contributed by atoms with Crippen LogP contribution >= 0.6 is 34.5 Å². The molecule has 2 bridgehead atoms. The molecule has 0 spiro atoms. The van der Waals surface area contributed by atoms with E-state index in [1.165, 1.54) is 10.7 Å². The van der Waals surface area contributed by atoms with Gasteiger partial charge in [-0.1, -0.05) is 39.8 Å². The van der Waals surface area contributed by atoms with Gasteiger partial charge in [-0.15, -0.1) is 5.10 Å². The number of aromatic nitrogens is 4. The summed E-state index contributed by atoms with van der Waals surface area (Å²) in [6.07, 6.45) is 5.75. The third-order valence-electron chi connectivity index (χ3n) is 8.63. The second-order valence-electron chi connectivity index (χ2n) is 11.4. The minimum absolute atomic E-state index is 0.0972. The number of fused-ring (bicyclic) bond motifs is 4. The number of nitrogens with two attached hydrogens (primary N) is 1. The average molecular weight is 645 g/mol. The first kappa shape index (κ1) is 28.3. The Balaban J connectivity index is 1.15. The highest BCUT2D eigenvalue weighted by molar-refractivity contribution is 7.22. The van der Waals surface area contributed by atoms with Crippen molar-refractivity contribution in [3.05, 3.63) is 51.5 Å². The van der Waals surface area contributed by atoms with Crippen LogP contribution in [0.2, 0.25) is 10.0 Å². The Morgan fingerprint density at radius 2 is 1.98 bits per heavy atom. The van der Waals surface area contributed by atoms with E-state index in [0.717, 1.165) is 37.0 Å². The monoisotopic (exact) mass is 643 g/mol. The topological polar surface area (TPSA) is 119 Å². The predicted octanol–water partition coefficient (Wildman–Crippen LogP) is 6.03. The molecule has 3 aliphatic heterocycles. The van der Waals surface area contributed by atoms with Gasteiger partial charge >= 0.3 is 6.03 Å². The van der Waals surface area contributed by atoms with Crippen LogP contribution < -0.4 is 10.5 Å². The molecule has 5 heterocycles. The van der Waals surface area contributed by atoms with Gasteiger partial charge in [-0.25, -0.2) is 14.2 Å². The number of carbonyl (C=O) groups is 2. The molecule has 2 aromatic carbocycles. The van der Waals surface area contributed by atoms with Crippen LogP contribution in [0.25, 0.3) is 21.3 Å². The van der Waals surface area contributed by atoms with Crippen LogP contribution in [-0.4, -0.2) is 73.5 Å². The summed E-state index contributed by atoms with van der Waals surface area (Å²) in [5.74, 6) is -0.165. The molecular weight excluding hydrogens is 616 g/mol. The Morgan fingerprint density at radius 1 is 1.21 bits per heavy atom. The van der Waals surface area contributed by atoms with Gasteiger partial charge in [0.05, 0.1) is 44.3 Å². The smallest absolute Gasteiger partial charge is 0.346 e. The molecule has 2 atom stereocenters. The largest absolute Gasteiger partial charge is 0.491 e. The van der Waals surface area contributed by atoms with Crippen molar-refractivity contribution in [1.82, 2.24) is 29.8 Å². The van der Waals surface area contributed by atoms with Gasteiger partial charge < -0.3 is 20.3 Å². The van der Waals surface area contributed by atoms with Gasteiger partial charge in [-0.2, -0.15) is 4.68 Å². The van der Waals surface area contributed by atoms with E-state index < -0.39 is 5.82 Å². The molecule has 4 aromatic rings. The van der Waals surface area contributed by atoms with E-state index in [1.807, 2.05) is 9.80 Å². The van der Waals surface area contributed by atoms with Crippen LogP contribution in [0, 0.1) is 18.7 Å². The zero-order chi connectivity index (χ0) is 30.0. The number of nitrogens with zero attached hydrogens (tertiary/aromatic N) is 6. The lowest BCUT2D eigenvalue weighted by Gasteiger charge is -2.40. The molecule has 2 N–H and O–H groups in total.